The van der Waals surface area contributed by atoms with Gasteiger partial charge in [-0.1, -0.05) is 11.6 Å². The number of nitrogens with one attached hydrogen (secondary N) is 1. The lowest BCUT2D eigenvalue weighted by atomic mass is 10.1. The first-order chi connectivity index (χ1) is 6.59. The molecule has 0 fully saturated rings. The van der Waals surface area contributed by atoms with Gasteiger partial charge < -0.3 is 4.98 Å². The van der Waals surface area contributed by atoms with Gasteiger partial charge >= 0.3 is 0 Å². The topological polar surface area (TPSA) is 45.8 Å². The Morgan fingerprint density at radius 2 is 2.29 bits per heavy atom. The predicted molar refractivity (Wildman–Crippen MR) is 55.8 cm³/mol. The largest absolute Gasteiger partial charge is 0.357 e. The number of hydrogen-bond donors (Lipinski definition) is 1. The molecule has 3 nitrogen and oxygen atoms in total. The predicted octanol–water partition coefficient (Wildman–Crippen LogP) is 2.73. The molecule has 0 unspecified atom stereocenters. The minimum Gasteiger partial charge on any atom is -0.357 e. The van der Waals surface area contributed by atoms with Gasteiger partial charge in [0.05, 0.1) is 21.6 Å². The number of carbonyl (C=O) groups excluding carboxylic acids is 1. The van der Waals surface area contributed by atoms with E-state index in [1.54, 1.807) is 12.3 Å². The Labute approximate surface area is 86.1 Å². The fourth-order valence-corrected chi connectivity index (χ4v) is 1.76. The van der Waals surface area contributed by atoms with Crippen molar-refractivity contribution in [2.24, 2.45) is 0 Å². The van der Waals surface area contributed by atoms with Gasteiger partial charge in [-0.2, -0.15) is 0 Å². The molecule has 1 N–H and O–H groups in total. The second-order valence-corrected chi connectivity index (χ2v) is 3.67. The highest BCUT2D eigenvalue weighted by Gasteiger charge is 2.13. The first-order valence-electron chi connectivity index (χ1n) is 4.24. The molecule has 0 atom stereocenters. The van der Waals surface area contributed by atoms with Crippen molar-refractivity contribution in [1.82, 2.24) is 9.97 Å². The first kappa shape index (κ1) is 9.21. The maximum atomic E-state index is 11.3. The molecule has 0 saturated heterocycles. The first-order valence-corrected chi connectivity index (χ1v) is 4.62. The van der Waals surface area contributed by atoms with E-state index >= 15 is 0 Å². The van der Waals surface area contributed by atoms with Crippen LogP contribution in [0, 0.1) is 6.92 Å². The van der Waals surface area contributed by atoms with Crippen LogP contribution < -0.4 is 0 Å². The average molecular weight is 209 g/mol. The van der Waals surface area contributed by atoms with Gasteiger partial charge in [0.2, 0.25) is 0 Å². The van der Waals surface area contributed by atoms with Crippen LogP contribution in [-0.2, 0) is 0 Å². The Morgan fingerprint density at radius 3 is 2.93 bits per heavy atom. The van der Waals surface area contributed by atoms with E-state index in [1.165, 1.54) is 6.92 Å². The number of aromatic nitrogens is 2. The van der Waals surface area contributed by atoms with E-state index in [1.807, 2.05) is 6.92 Å². The number of carbonyl (C=O) groups is 1. The number of hydrogen-bond acceptors (Lipinski definition) is 2. The van der Waals surface area contributed by atoms with Gasteiger partial charge in [-0.05, 0) is 19.9 Å². The number of nitrogens with zero attached hydrogens (tertiary/aromatic N) is 1. The number of pyridine rings is 1. The van der Waals surface area contributed by atoms with Crippen molar-refractivity contribution in [3.05, 3.63) is 28.5 Å². The van der Waals surface area contributed by atoms with Crippen molar-refractivity contribution in [3.63, 3.8) is 0 Å². The standard InChI is InChI=1S/C10H9ClN2O/c1-5-9(6(2)14)10-8(13-5)3-7(11)4-12-10/h3-4,13H,1-2H3. The number of H-pyrrole nitrogens is 1. The number of aromatic amines is 1. The third kappa shape index (κ3) is 1.30. The Hall–Kier alpha value is -1.35. The molecule has 0 saturated carbocycles. The van der Waals surface area contributed by atoms with E-state index in [0.29, 0.717) is 16.1 Å². The Morgan fingerprint density at radius 1 is 1.57 bits per heavy atom. The van der Waals surface area contributed by atoms with E-state index in [4.69, 9.17) is 11.6 Å². The fourth-order valence-electron chi connectivity index (χ4n) is 1.61. The van der Waals surface area contributed by atoms with Gasteiger partial charge in [0, 0.05) is 11.9 Å². The Balaban J connectivity index is 2.84. The molecule has 0 aliphatic rings. The van der Waals surface area contributed by atoms with Gasteiger partial charge in [0.15, 0.2) is 5.78 Å². The van der Waals surface area contributed by atoms with Crippen molar-refractivity contribution in [3.8, 4) is 0 Å². The molecule has 2 aromatic heterocycles. The molecular weight excluding hydrogens is 200 g/mol. The van der Waals surface area contributed by atoms with Crippen molar-refractivity contribution < 1.29 is 4.79 Å². The SMILES string of the molecule is CC(=O)c1c(C)[nH]c2cc(Cl)cnc12. The van der Waals surface area contributed by atoms with Crippen molar-refractivity contribution in [2.45, 2.75) is 13.8 Å². The zero-order valence-corrected chi connectivity index (χ0v) is 8.64. The minimum absolute atomic E-state index is 0.0172. The van der Waals surface area contributed by atoms with E-state index in [9.17, 15) is 4.79 Å². The fraction of sp³-hybridized carbons (Fsp3) is 0.200. The van der Waals surface area contributed by atoms with Gasteiger partial charge in [0.1, 0.15) is 0 Å². The Kier molecular flexibility index (Phi) is 2.04. The minimum atomic E-state index is 0.0172. The summed E-state index contributed by atoms with van der Waals surface area (Å²) in [4.78, 5) is 18.6. The monoisotopic (exact) mass is 208 g/mol. The van der Waals surface area contributed by atoms with Gasteiger partial charge in [-0.3, -0.25) is 9.78 Å². The number of ketones is 1. The molecule has 72 valence electrons. The van der Waals surface area contributed by atoms with E-state index < -0.39 is 0 Å². The smallest absolute Gasteiger partial charge is 0.163 e. The number of fused-ring (bicyclic) bond motifs is 1. The molecular formula is C10H9ClN2O. The molecule has 0 aliphatic carbocycles. The van der Waals surface area contributed by atoms with Crippen LogP contribution in [0.4, 0.5) is 0 Å². The van der Waals surface area contributed by atoms with Crippen molar-refractivity contribution in [1.29, 1.82) is 0 Å². The number of Topliss-reactive ketones (excluding diaryl/α,β-unsaturated/α-hetero) is 1. The summed E-state index contributed by atoms with van der Waals surface area (Å²) >= 11 is 5.79. The molecule has 14 heavy (non-hydrogen) atoms. The summed E-state index contributed by atoms with van der Waals surface area (Å²) in [6.07, 6.45) is 1.55. The highest BCUT2D eigenvalue weighted by atomic mass is 35.5. The average Bonchev–Trinajstić information content (AvgIpc) is 2.39. The lowest BCUT2D eigenvalue weighted by Crippen LogP contribution is -1.93. The quantitative estimate of drug-likeness (QED) is 0.733. The summed E-state index contributed by atoms with van der Waals surface area (Å²) in [7, 11) is 0. The second-order valence-electron chi connectivity index (χ2n) is 3.23. The molecule has 0 radical (unpaired) electrons. The zero-order valence-electron chi connectivity index (χ0n) is 7.89. The highest BCUT2D eigenvalue weighted by Crippen LogP contribution is 2.22. The molecule has 2 aromatic rings. The molecule has 0 aromatic carbocycles. The summed E-state index contributed by atoms with van der Waals surface area (Å²) < 4.78 is 0. The summed E-state index contributed by atoms with van der Waals surface area (Å²) in [6, 6.07) is 1.77. The molecule has 2 rings (SSSR count). The van der Waals surface area contributed by atoms with Gasteiger partial charge in [-0.15, -0.1) is 0 Å². The number of rotatable bonds is 1. The normalized spacial score (nSPS) is 10.8. The van der Waals surface area contributed by atoms with E-state index in [0.717, 1.165) is 11.2 Å². The molecule has 0 aliphatic heterocycles. The van der Waals surface area contributed by atoms with Crippen LogP contribution in [0.1, 0.15) is 23.0 Å². The van der Waals surface area contributed by atoms with Crippen LogP contribution in [0.5, 0.6) is 0 Å². The second kappa shape index (κ2) is 3.10. The summed E-state index contributed by atoms with van der Waals surface area (Å²) in [5.74, 6) is 0.0172. The van der Waals surface area contributed by atoms with Crippen LogP contribution in [0.15, 0.2) is 12.3 Å². The third-order valence-electron chi connectivity index (χ3n) is 2.14. The Bertz CT molecular complexity index is 516. The zero-order chi connectivity index (χ0) is 10.3. The van der Waals surface area contributed by atoms with Crippen molar-refractivity contribution in [2.75, 3.05) is 0 Å². The van der Waals surface area contributed by atoms with Gasteiger partial charge in [-0.25, -0.2) is 0 Å². The summed E-state index contributed by atoms with van der Waals surface area (Å²) in [6.45, 7) is 3.39. The molecule has 2 heterocycles. The summed E-state index contributed by atoms with van der Waals surface area (Å²) in [5, 5.41) is 0.564. The van der Waals surface area contributed by atoms with Crippen LogP contribution in [-0.4, -0.2) is 15.8 Å². The highest BCUT2D eigenvalue weighted by molar-refractivity contribution is 6.31. The summed E-state index contributed by atoms with van der Waals surface area (Å²) in [5.41, 5.74) is 2.98. The van der Waals surface area contributed by atoms with Crippen LogP contribution in [0.25, 0.3) is 11.0 Å². The van der Waals surface area contributed by atoms with Crippen LogP contribution >= 0.6 is 11.6 Å². The van der Waals surface area contributed by atoms with E-state index in [-0.39, 0.29) is 5.78 Å². The lowest BCUT2D eigenvalue weighted by Gasteiger charge is -1.93. The van der Waals surface area contributed by atoms with Crippen LogP contribution in [0.3, 0.4) is 0 Å². The molecule has 4 heteroatoms. The number of aryl methyl sites for hydroxylation is 1. The molecule has 0 spiro atoms. The van der Waals surface area contributed by atoms with Crippen LogP contribution in [0.2, 0.25) is 5.02 Å². The molecule has 0 bridgehead atoms. The van der Waals surface area contributed by atoms with E-state index in [2.05, 4.69) is 9.97 Å². The van der Waals surface area contributed by atoms with Gasteiger partial charge in [0.25, 0.3) is 0 Å². The van der Waals surface area contributed by atoms with Crippen molar-refractivity contribution >= 4 is 28.4 Å². The molecule has 0 amide bonds. The lowest BCUT2D eigenvalue weighted by molar-refractivity contribution is 0.101. The third-order valence-corrected chi connectivity index (χ3v) is 2.35. The maximum absolute atomic E-state index is 11.3. The number of halogens is 1. The maximum Gasteiger partial charge on any atom is 0.163 e.